The predicted octanol–water partition coefficient (Wildman–Crippen LogP) is 4.37. The molecular weight excluding hydrogens is 648 g/mol. The molecule has 3 rings (SSSR count). The van der Waals surface area contributed by atoms with E-state index in [-0.39, 0.29) is 58.9 Å². The van der Waals surface area contributed by atoms with Crippen LogP contribution in [0.3, 0.4) is 0 Å². The van der Waals surface area contributed by atoms with Crippen molar-refractivity contribution in [3.63, 3.8) is 0 Å². The molecule has 14 nitrogen and oxygen atoms in total. The lowest BCUT2D eigenvalue weighted by molar-refractivity contribution is -0.133. The van der Waals surface area contributed by atoms with Gasteiger partial charge < -0.3 is 39.1 Å². The van der Waals surface area contributed by atoms with Gasteiger partial charge in [-0.25, -0.2) is 4.85 Å². The van der Waals surface area contributed by atoms with E-state index in [1.807, 2.05) is 6.07 Å². The Bertz CT molecular complexity index is 1910. The van der Waals surface area contributed by atoms with Crippen LogP contribution in [0.15, 0.2) is 59.8 Å². The Labute approximate surface area is 288 Å². The van der Waals surface area contributed by atoms with Crippen LogP contribution in [0.4, 0.5) is 0 Å². The number of rotatable bonds is 14. The van der Waals surface area contributed by atoms with E-state index in [1.165, 1.54) is 72.6 Å². The molecule has 258 valence electrons. The van der Waals surface area contributed by atoms with Crippen molar-refractivity contribution in [1.29, 1.82) is 5.26 Å². The van der Waals surface area contributed by atoms with Crippen LogP contribution < -0.4 is 39.1 Å². The molecular formula is C36H34N4O10. The highest BCUT2D eigenvalue weighted by molar-refractivity contribution is 6.02. The van der Waals surface area contributed by atoms with E-state index in [2.05, 4.69) is 15.5 Å². The lowest BCUT2D eigenvalue weighted by atomic mass is 10.1. The molecule has 0 aliphatic rings. The molecule has 0 aromatic heterocycles. The minimum absolute atomic E-state index is 0.00670. The average Bonchev–Trinajstić information content (AvgIpc) is 3.10. The molecule has 50 heavy (non-hydrogen) atoms. The Kier molecular flexibility index (Phi) is 13.5. The first kappa shape index (κ1) is 37.7. The van der Waals surface area contributed by atoms with Crippen molar-refractivity contribution in [1.82, 2.24) is 10.6 Å². The highest BCUT2D eigenvalue weighted by Crippen LogP contribution is 2.41. The Morgan fingerprint density at radius 2 is 1.30 bits per heavy atom. The lowest BCUT2D eigenvalue weighted by Crippen LogP contribution is -2.25. The zero-order chi connectivity index (χ0) is 36.8. The number of nitrogens with zero attached hydrogens (tertiary/aromatic N) is 2. The summed E-state index contributed by atoms with van der Waals surface area (Å²) in [6, 6.07) is 14.9. The molecule has 3 aromatic rings. The summed E-state index contributed by atoms with van der Waals surface area (Å²) in [6.07, 6.45) is 2.64. The normalized spacial score (nSPS) is 10.9. The van der Waals surface area contributed by atoms with E-state index in [4.69, 9.17) is 35.0 Å². The number of nitriles is 1. The van der Waals surface area contributed by atoms with Crippen LogP contribution in [0, 0.1) is 17.9 Å². The van der Waals surface area contributed by atoms with E-state index in [9.17, 15) is 24.4 Å². The van der Waals surface area contributed by atoms with Crippen molar-refractivity contribution in [2.45, 2.75) is 26.9 Å². The first-order valence-electron chi connectivity index (χ1n) is 14.7. The molecule has 14 heteroatoms. The van der Waals surface area contributed by atoms with Gasteiger partial charge in [-0.15, -0.1) is 0 Å². The van der Waals surface area contributed by atoms with Gasteiger partial charge in [-0.1, -0.05) is 24.3 Å². The van der Waals surface area contributed by atoms with Gasteiger partial charge in [0.25, 0.3) is 17.5 Å². The van der Waals surface area contributed by atoms with Crippen molar-refractivity contribution in [3.05, 3.63) is 93.5 Å². The number of esters is 2. The van der Waals surface area contributed by atoms with Gasteiger partial charge in [0.2, 0.25) is 11.5 Å². The van der Waals surface area contributed by atoms with Gasteiger partial charge >= 0.3 is 11.9 Å². The van der Waals surface area contributed by atoms with Crippen LogP contribution in [-0.4, -0.2) is 52.2 Å². The van der Waals surface area contributed by atoms with Gasteiger partial charge in [0, 0.05) is 32.5 Å². The molecule has 0 saturated heterocycles. The number of hydrogen-bond acceptors (Lipinski definition) is 11. The number of benzene rings is 3. The third-order valence-electron chi connectivity index (χ3n) is 6.72. The largest absolute Gasteiger partial charge is 0.493 e. The van der Waals surface area contributed by atoms with Crippen LogP contribution in [-0.2, 0) is 32.3 Å². The maximum atomic E-state index is 13.0. The number of ether oxygens (including phenoxy) is 6. The lowest BCUT2D eigenvalue weighted by Gasteiger charge is -2.14. The Balaban J connectivity index is 1.72. The van der Waals surface area contributed by atoms with Crippen molar-refractivity contribution < 1.29 is 47.6 Å². The summed E-state index contributed by atoms with van der Waals surface area (Å²) in [7, 11) is 5.49. The summed E-state index contributed by atoms with van der Waals surface area (Å²) in [5.41, 5.74) is 1.60. The molecule has 0 aliphatic heterocycles. The summed E-state index contributed by atoms with van der Waals surface area (Å²) in [6.45, 7) is 10.1. The molecule has 0 unspecified atom stereocenters. The summed E-state index contributed by atoms with van der Waals surface area (Å²) >= 11 is 0. The second-order valence-electron chi connectivity index (χ2n) is 10.2. The zero-order valence-corrected chi connectivity index (χ0v) is 28.2. The maximum absolute atomic E-state index is 13.0. The standard InChI is InChI=1S/C36H34N4O10/c1-21(41)49-33-30(46-5)15-25(16-31(33)47-6)14-28(38-3)36(44)40-20-24-10-8-9-23(13-24)19-39-35(43)27(18-37)17-26-11-12-29(45-4)34(32(26)48-7)50-22(2)42/h8-17H,19-20H2,1-2,4-7H3,(H,39,43)(H,40,44)/b27-17-,28-14+. The second-order valence-corrected chi connectivity index (χ2v) is 10.2. The minimum atomic E-state index is -0.668. The molecule has 0 heterocycles. The Hall–Kier alpha value is -6.80. The minimum Gasteiger partial charge on any atom is -0.493 e. The second kappa shape index (κ2) is 17.9. The van der Waals surface area contributed by atoms with Gasteiger partial charge in [0.05, 0.1) is 35.0 Å². The predicted molar refractivity (Wildman–Crippen MR) is 180 cm³/mol. The van der Waals surface area contributed by atoms with Gasteiger partial charge in [-0.3, -0.25) is 19.2 Å². The number of amides is 2. The molecule has 2 N–H and O–H groups in total. The third kappa shape index (κ3) is 9.85. The van der Waals surface area contributed by atoms with E-state index < -0.39 is 23.8 Å². The third-order valence-corrected chi connectivity index (χ3v) is 6.72. The van der Waals surface area contributed by atoms with Crippen molar-refractivity contribution >= 4 is 35.9 Å². The first-order chi connectivity index (χ1) is 24.0. The molecule has 0 fully saturated rings. The number of carbonyl (C=O) groups excluding carboxylic acids is 4. The Morgan fingerprint density at radius 1 is 0.740 bits per heavy atom. The van der Waals surface area contributed by atoms with Crippen LogP contribution in [0.1, 0.15) is 36.1 Å². The van der Waals surface area contributed by atoms with E-state index >= 15 is 0 Å². The molecule has 0 bridgehead atoms. The zero-order valence-electron chi connectivity index (χ0n) is 28.2. The highest BCUT2D eigenvalue weighted by atomic mass is 16.6. The van der Waals surface area contributed by atoms with E-state index in [0.717, 1.165) is 0 Å². The van der Waals surface area contributed by atoms with Crippen molar-refractivity contribution in [3.8, 4) is 40.6 Å². The number of methoxy groups -OCH3 is 4. The van der Waals surface area contributed by atoms with Crippen LogP contribution >= 0.6 is 0 Å². The number of nitrogens with one attached hydrogen (secondary N) is 2. The molecule has 0 atom stereocenters. The van der Waals surface area contributed by atoms with Crippen LogP contribution in [0.5, 0.6) is 34.5 Å². The summed E-state index contributed by atoms with van der Waals surface area (Å²) in [4.78, 5) is 52.4. The Morgan fingerprint density at radius 3 is 1.80 bits per heavy atom. The summed E-state index contributed by atoms with van der Waals surface area (Å²) in [5, 5.41) is 15.1. The van der Waals surface area contributed by atoms with Crippen molar-refractivity contribution in [2.75, 3.05) is 28.4 Å². The molecule has 3 aromatic carbocycles. The highest BCUT2D eigenvalue weighted by Gasteiger charge is 2.20. The quantitative estimate of drug-likeness (QED) is 0.0812. The SMILES string of the molecule is [C-]#[N+]/C(=C/c1cc(OC)c(OC(C)=O)c(OC)c1)C(=O)NCc1cccc(CNC(=O)/C(C#N)=C\c2ccc(OC)c(OC(C)=O)c2OC)c1. The molecule has 0 spiro atoms. The first-order valence-corrected chi connectivity index (χ1v) is 14.7. The fraction of sp³-hybridized carbons (Fsp3) is 0.222. The molecule has 0 aliphatic carbocycles. The number of hydrogen-bond donors (Lipinski definition) is 2. The van der Waals surface area contributed by atoms with Crippen LogP contribution in [0.2, 0.25) is 0 Å². The van der Waals surface area contributed by atoms with E-state index in [0.29, 0.717) is 22.3 Å². The number of carbonyl (C=O) groups is 4. The fourth-order valence-electron chi connectivity index (χ4n) is 4.52. The van der Waals surface area contributed by atoms with Gasteiger partial charge in [0.15, 0.2) is 23.0 Å². The molecule has 0 radical (unpaired) electrons. The monoisotopic (exact) mass is 682 g/mol. The van der Waals surface area contributed by atoms with Gasteiger partial charge in [-0.05, 0) is 53.1 Å². The molecule has 0 saturated carbocycles. The van der Waals surface area contributed by atoms with E-state index in [1.54, 1.807) is 30.3 Å². The average molecular weight is 683 g/mol. The smallest absolute Gasteiger partial charge is 0.308 e. The fourth-order valence-corrected chi connectivity index (χ4v) is 4.52. The van der Waals surface area contributed by atoms with Gasteiger partial charge in [0.1, 0.15) is 11.6 Å². The molecule has 2 amide bonds. The van der Waals surface area contributed by atoms with Gasteiger partial charge in [-0.2, -0.15) is 5.26 Å². The topological polar surface area (TPSA) is 176 Å². The maximum Gasteiger partial charge on any atom is 0.308 e. The van der Waals surface area contributed by atoms with Crippen LogP contribution in [0.25, 0.3) is 17.0 Å². The summed E-state index contributed by atoms with van der Waals surface area (Å²) in [5.74, 6) is -1.76. The van der Waals surface area contributed by atoms with Crippen molar-refractivity contribution in [2.24, 2.45) is 0 Å². The summed E-state index contributed by atoms with van der Waals surface area (Å²) < 4.78 is 31.7.